The number of amides is 1. The van der Waals surface area contributed by atoms with Gasteiger partial charge in [-0.15, -0.1) is 0 Å². The average Bonchev–Trinajstić information content (AvgIpc) is 2.75. The predicted molar refractivity (Wildman–Crippen MR) is 129 cm³/mol. The van der Waals surface area contributed by atoms with Crippen molar-refractivity contribution >= 4 is 38.9 Å². The van der Waals surface area contributed by atoms with E-state index < -0.39 is 10.0 Å². The highest BCUT2D eigenvalue weighted by molar-refractivity contribution is 7.92. The van der Waals surface area contributed by atoms with Gasteiger partial charge in [0.25, 0.3) is 15.9 Å². The summed E-state index contributed by atoms with van der Waals surface area (Å²) in [7, 11) is -3.77. The Kier molecular flexibility index (Phi) is 6.01. The van der Waals surface area contributed by atoms with Gasteiger partial charge in [0, 0.05) is 22.8 Å². The van der Waals surface area contributed by atoms with Crippen LogP contribution in [0, 0.1) is 20.8 Å². The van der Waals surface area contributed by atoms with Crippen molar-refractivity contribution in [1.82, 2.24) is 0 Å². The first kappa shape index (κ1) is 22.4. The van der Waals surface area contributed by atoms with Gasteiger partial charge >= 0.3 is 0 Å². The molecule has 1 aliphatic heterocycles. The van der Waals surface area contributed by atoms with Crippen LogP contribution < -0.4 is 9.62 Å². The fraction of sp³-hybridized carbons (Fsp3) is 0.240. The van der Waals surface area contributed by atoms with E-state index in [-0.39, 0.29) is 10.8 Å². The van der Waals surface area contributed by atoms with Crippen molar-refractivity contribution in [1.29, 1.82) is 0 Å². The van der Waals surface area contributed by atoms with Crippen LogP contribution in [0.4, 0.5) is 11.4 Å². The Morgan fingerprint density at radius 2 is 1.72 bits per heavy atom. The quantitative estimate of drug-likeness (QED) is 0.537. The number of hydrogen-bond donors (Lipinski definition) is 1. The smallest absolute Gasteiger partial charge is 0.261 e. The summed E-state index contributed by atoms with van der Waals surface area (Å²) in [6.07, 6.45) is 1.47. The molecule has 5 nitrogen and oxygen atoms in total. The summed E-state index contributed by atoms with van der Waals surface area (Å²) in [6.45, 7) is 6.34. The molecule has 0 saturated heterocycles. The van der Waals surface area contributed by atoms with E-state index in [9.17, 15) is 13.2 Å². The highest BCUT2D eigenvalue weighted by Crippen LogP contribution is 2.32. The van der Waals surface area contributed by atoms with E-state index in [0.717, 1.165) is 34.4 Å². The average molecular weight is 469 g/mol. The predicted octanol–water partition coefficient (Wildman–Crippen LogP) is 5.66. The fourth-order valence-corrected chi connectivity index (χ4v) is 5.71. The number of sulfonamides is 1. The lowest BCUT2D eigenvalue weighted by Gasteiger charge is -2.30. The Morgan fingerprint density at radius 1 is 1.00 bits per heavy atom. The second kappa shape index (κ2) is 8.60. The van der Waals surface area contributed by atoms with E-state index >= 15 is 0 Å². The first-order chi connectivity index (χ1) is 15.2. The van der Waals surface area contributed by atoms with Gasteiger partial charge in [-0.1, -0.05) is 35.4 Å². The fourth-order valence-electron chi connectivity index (χ4n) is 4.26. The lowest BCUT2D eigenvalue weighted by Crippen LogP contribution is -2.35. The SMILES string of the molecule is Cc1cc(C)c(NS(=O)(=O)c2ccc3c(c2)CCCN3C(=O)c2cccc(Cl)c2)c(C)c1. The van der Waals surface area contributed by atoms with Crippen molar-refractivity contribution in [2.45, 2.75) is 38.5 Å². The minimum absolute atomic E-state index is 0.145. The number of aryl methyl sites for hydroxylation is 4. The van der Waals surface area contributed by atoms with Crippen molar-refractivity contribution in [2.24, 2.45) is 0 Å². The summed E-state index contributed by atoms with van der Waals surface area (Å²) < 4.78 is 29.0. The summed E-state index contributed by atoms with van der Waals surface area (Å²) in [4.78, 5) is 15.0. The lowest BCUT2D eigenvalue weighted by atomic mass is 10.0. The first-order valence-electron chi connectivity index (χ1n) is 10.5. The number of rotatable bonds is 4. The molecule has 0 radical (unpaired) electrons. The van der Waals surface area contributed by atoms with Crippen LogP contribution in [-0.2, 0) is 16.4 Å². The molecule has 4 rings (SSSR count). The van der Waals surface area contributed by atoms with Gasteiger partial charge in [-0.25, -0.2) is 8.42 Å². The highest BCUT2D eigenvalue weighted by Gasteiger charge is 2.26. The van der Waals surface area contributed by atoms with E-state index in [1.807, 2.05) is 32.9 Å². The Hall–Kier alpha value is -2.83. The number of nitrogens with zero attached hydrogens (tertiary/aromatic N) is 1. The molecule has 1 heterocycles. The Labute approximate surface area is 194 Å². The zero-order chi connectivity index (χ0) is 23.0. The third-order valence-electron chi connectivity index (χ3n) is 5.71. The maximum absolute atomic E-state index is 13.1. The van der Waals surface area contributed by atoms with Crippen molar-refractivity contribution in [3.8, 4) is 0 Å². The van der Waals surface area contributed by atoms with Crippen molar-refractivity contribution in [3.63, 3.8) is 0 Å². The molecule has 3 aromatic carbocycles. The van der Waals surface area contributed by atoms with Crippen molar-refractivity contribution < 1.29 is 13.2 Å². The Morgan fingerprint density at radius 3 is 2.41 bits per heavy atom. The largest absolute Gasteiger partial charge is 0.308 e. The number of fused-ring (bicyclic) bond motifs is 1. The summed E-state index contributed by atoms with van der Waals surface area (Å²) in [6, 6.07) is 15.7. The topological polar surface area (TPSA) is 66.5 Å². The van der Waals surface area contributed by atoms with Crippen molar-refractivity contribution in [3.05, 3.63) is 87.4 Å². The van der Waals surface area contributed by atoms with E-state index in [0.29, 0.717) is 29.2 Å². The zero-order valence-electron chi connectivity index (χ0n) is 18.3. The van der Waals surface area contributed by atoms with E-state index in [1.165, 1.54) is 0 Å². The van der Waals surface area contributed by atoms with Crippen LogP contribution >= 0.6 is 11.6 Å². The monoisotopic (exact) mass is 468 g/mol. The zero-order valence-corrected chi connectivity index (χ0v) is 19.8. The summed E-state index contributed by atoms with van der Waals surface area (Å²) in [5, 5.41) is 0.502. The standard InChI is InChI=1S/C25H25ClN2O3S/c1-16-12-17(2)24(18(3)13-16)27-32(30,31)22-9-10-23-19(15-22)7-5-11-28(23)25(29)20-6-4-8-21(26)14-20/h4,6,8-10,12-15,27H,5,7,11H2,1-3H3. The molecule has 1 amide bonds. The minimum Gasteiger partial charge on any atom is -0.308 e. The van der Waals surface area contributed by atoms with Crippen molar-refractivity contribution in [2.75, 3.05) is 16.2 Å². The molecule has 0 atom stereocenters. The molecule has 1 aliphatic rings. The molecule has 32 heavy (non-hydrogen) atoms. The molecule has 0 bridgehead atoms. The van der Waals surface area contributed by atoms with E-state index in [4.69, 9.17) is 11.6 Å². The molecule has 0 aromatic heterocycles. The lowest BCUT2D eigenvalue weighted by molar-refractivity contribution is 0.0985. The summed E-state index contributed by atoms with van der Waals surface area (Å²) in [5.74, 6) is -0.145. The Balaban J connectivity index is 1.66. The second-order valence-corrected chi connectivity index (χ2v) is 10.4. The highest BCUT2D eigenvalue weighted by atomic mass is 35.5. The third kappa shape index (κ3) is 4.38. The molecule has 1 N–H and O–H groups in total. The summed E-state index contributed by atoms with van der Waals surface area (Å²) in [5.41, 5.74) is 5.53. The molecule has 7 heteroatoms. The van der Waals surface area contributed by atoms with Crippen LogP contribution in [0.1, 0.15) is 39.0 Å². The number of anilines is 2. The number of hydrogen-bond acceptors (Lipinski definition) is 3. The second-order valence-electron chi connectivity index (χ2n) is 8.24. The van der Waals surface area contributed by atoms with Crippen LogP contribution in [0.3, 0.4) is 0 Å². The molecule has 3 aromatic rings. The molecular formula is C25H25ClN2O3S. The number of nitrogens with one attached hydrogen (secondary N) is 1. The maximum atomic E-state index is 13.1. The number of halogens is 1. The van der Waals surface area contributed by atoms with Gasteiger partial charge in [0.05, 0.1) is 10.6 Å². The molecule has 0 fully saturated rings. The molecule has 0 unspecified atom stereocenters. The van der Waals surface area contributed by atoms with Gasteiger partial charge in [0.15, 0.2) is 0 Å². The normalized spacial score (nSPS) is 13.6. The van der Waals surface area contributed by atoms with Gasteiger partial charge in [-0.3, -0.25) is 9.52 Å². The Bertz CT molecular complexity index is 1300. The molecule has 0 saturated carbocycles. The first-order valence-corrected chi connectivity index (χ1v) is 12.3. The number of carbonyl (C=O) groups is 1. The molecular weight excluding hydrogens is 444 g/mol. The third-order valence-corrected chi connectivity index (χ3v) is 7.29. The minimum atomic E-state index is -3.77. The van der Waals surface area contributed by atoms with Crippen LogP contribution in [0.25, 0.3) is 0 Å². The van der Waals surface area contributed by atoms with E-state index in [1.54, 1.807) is 47.4 Å². The van der Waals surface area contributed by atoms with Gasteiger partial charge in [0.2, 0.25) is 0 Å². The molecule has 0 aliphatic carbocycles. The molecule has 166 valence electrons. The van der Waals surface area contributed by atoms with Gasteiger partial charge < -0.3 is 4.90 Å². The van der Waals surface area contributed by atoms with Gasteiger partial charge in [0.1, 0.15) is 0 Å². The van der Waals surface area contributed by atoms with Crippen LogP contribution in [0.5, 0.6) is 0 Å². The van der Waals surface area contributed by atoms with Gasteiger partial charge in [-0.05, 0) is 86.7 Å². The number of carbonyl (C=O) groups excluding carboxylic acids is 1. The molecule has 0 spiro atoms. The van der Waals surface area contributed by atoms with Crippen LogP contribution in [0.15, 0.2) is 59.5 Å². The van der Waals surface area contributed by atoms with E-state index in [2.05, 4.69) is 4.72 Å². The summed E-state index contributed by atoms with van der Waals surface area (Å²) >= 11 is 6.05. The van der Waals surface area contributed by atoms with Gasteiger partial charge in [-0.2, -0.15) is 0 Å². The van der Waals surface area contributed by atoms with Crippen LogP contribution in [-0.4, -0.2) is 20.9 Å². The maximum Gasteiger partial charge on any atom is 0.261 e. The van der Waals surface area contributed by atoms with Crippen LogP contribution in [0.2, 0.25) is 5.02 Å². The number of benzene rings is 3.